The molecule has 36 heavy (non-hydrogen) atoms. The smallest absolute Gasteiger partial charge is 0.291 e. The number of anilines is 1. The van der Waals surface area contributed by atoms with Crippen LogP contribution in [0.1, 0.15) is 64.2 Å². The van der Waals surface area contributed by atoms with E-state index in [0.717, 1.165) is 28.1 Å². The van der Waals surface area contributed by atoms with Gasteiger partial charge in [0.2, 0.25) is 0 Å². The monoisotopic (exact) mass is 525 g/mol. The third-order valence-corrected chi connectivity index (χ3v) is 6.72. The molecule has 1 amide bonds. The van der Waals surface area contributed by atoms with Gasteiger partial charge >= 0.3 is 0 Å². The minimum Gasteiger partial charge on any atom is -0.485 e. The van der Waals surface area contributed by atoms with Gasteiger partial charge in [-0.15, -0.1) is 0 Å². The highest BCUT2D eigenvalue weighted by atomic mass is 35.5. The van der Waals surface area contributed by atoms with Gasteiger partial charge < -0.3 is 14.5 Å². The SMILES string of the molecule is Cc1ccc(C(C)C)c(OCc2ccc(C(=O)Nc3c(C)nn(Cc4ccc(Cl)c(Cl)c4)c3C)o2)c1. The van der Waals surface area contributed by atoms with Crippen molar-refractivity contribution < 1.29 is 13.9 Å². The Hall–Kier alpha value is -3.22. The van der Waals surface area contributed by atoms with E-state index in [1.807, 2.05) is 43.7 Å². The Morgan fingerprint density at radius 1 is 1.06 bits per heavy atom. The maximum Gasteiger partial charge on any atom is 0.291 e. The Balaban J connectivity index is 1.44. The number of carbonyl (C=O) groups excluding carboxylic acids is 1. The lowest BCUT2D eigenvalue weighted by atomic mass is 10.0. The summed E-state index contributed by atoms with van der Waals surface area (Å²) in [6.07, 6.45) is 0. The van der Waals surface area contributed by atoms with E-state index in [1.165, 1.54) is 0 Å². The average molecular weight is 526 g/mol. The Kier molecular flexibility index (Phi) is 7.76. The van der Waals surface area contributed by atoms with Gasteiger partial charge in [-0.2, -0.15) is 5.10 Å². The summed E-state index contributed by atoms with van der Waals surface area (Å²) in [6, 6.07) is 15.1. The van der Waals surface area contributed by atoms with Gasteiger partial charge in [0.15, 0.2) is 5.76 Å². The quantitative estimate of drug-likeness (QED) is 0.255. The number of hydrogen-bond donors (Lipinski definition) is 1. The molecule has 0 aliphatic carbocycles. The van der Waals surface area contributed by atoms with Crippen molar-refractivity contribution in [2.45, 2.75) is 53.7 Å². The Morgan fingerprint density at radius 3 is 2.56 bits per heavy atom. The zero-order valence-electron chi connectivity index (χ0n) is 21.0. The van der Waals surface area contributed by atoms with E-state index in [2.05, 4.69) is 36.4 Å². The predicted octanol–water partition coefficient (Wildman–Crippen LogP) is 7.71. The first-order chi connectivity index (χ1) is 17.1. The number of nitrogens with one attached hydrogen (secondary N) is 1. The standard InChI is InChI=1S/C28H29Cl2N3O3/c1-16(2)22-9-6-17(3)12-26(22)35-15-21-8-11-25(36-21)28(34)31-27-18(4)32-33(19(27)5)14-20-7-10-23(29)24(30)13-20/h6-13,16H,14-15H2,1-5H3,(H,31,34). The highest BCUT2D eigenvalue weighted by Crippen LogP contribution is 2.29. The maximum absolute atomic E-state index is 12.9. The minimum absolute atomic E-state index is 0.206. The zero-order valence-corrected chi connectivity index (χ0v) is 22.5. The second kappa shape index (κ2) is 10.8. The van der Waals surface area contributed by atoms with Gasteiger partial charge in [0, 0.05) is 0 Å². The van der Waals surface area contributed by atoms with Crippen molar-refractivity contribution in [1.29, 1.82) is 0 Å². The van der Waals surface area contributed by atoms with E-state index >= 15 is 0 Å². The molecular formula is C28H29Cl2N3O3. The van der Waals surface area contributed by atoms with Crippen LogP contribution in [0.2, 0.25) is 10.0 Å². The number of carbonyl (C=O) groups is 1. The van der Waals surface area contributed by atoms with Gasteiger partial charge in [0.1, 0.15) is 18.1 Å². The fourth-order valence-corrected chi connectivity index (χ4v) is 4.31. The molecule has 2 heterocycles. The summed E-state index contributed by atoms with van der Waals surface area (Å²) in [7, 11) is 0. The summed E-state index contributed by atoms with van der Waals surface area (Å²) >= 11 is 12.2. The van der Waals surface area contributed by atoms with Crippen molar-refractivity contribution >= 4 is 34.8 Å². The molecular weight excluding hydrogens is 497 g/mol. The van der Waals surface area contributed by atoms with Crippen molar-refractivity contribution in [1.82, 2.24) is 9.78 Å². The molecule has 6 nitrogen and oxygen atoms in total. The first kappa shape index (κ1) is 25.9. The molecule has 188 valence electrons. The Labute approximate surface area is 221 Å². The van der Waals surface area contributed by atoms with E-state index in [-0.39, 0.29) is 18.3 Å². The highest BCUT2D eigenvalue weighted by Gasteiger charge is 2.18. The second-order valence-electron chi connectivity index (χ2n) is 9.16. The van der Waals surface area contributed by atoms with Crippen LogP contribution < -0.4 is 10.1 Å². The molecule has 0 aliphatic rings. The van der Waals surface area contributed by atoms with Crippen LogP contribution in [-0.4, -0.2) is 15.7 Å². The van der Waals surface area contributed by atoms with Crippen molar-refractivity contribution in [2.75, 3.05) is 5.32 Å². The summed E-state index contributed by atoms with van der Waals surface area (Å²) in [5.41, 5.74) is 5.39. The number of rotatable bonds is 8. The largest absolute Gasteiger partial charge is 0.485 e. The van der Waals surface area contributed by atoms with Crippen molar-refractivity contribution in [3.63, 3.8) is 0 Å². The minimum atomic E-state index is -0.347. The molecule has 4 aromatic rings. The third-order valence-electron chi connectivity index (χ3n) is 5.98. The molecule has 1 N–H and O–H groups in total. The lowest BCUT2D eigenvalue weighted by Crippen LogP contribution is -2.12. The summed E-state index contributed by atoms with van der Waals surface area (Å²) in [5.74, 6) is 1.59. The number of ether oxygens (including phenoxy) is 1. The van der Waals surface area contributed by atoms with Gasteiger partial charge in [-0.25, -0.2) is 0 Å². The Morgan fingerprint density at radius 2 is 1.83 bits per heavy atom. The molecule has 0 saturated heterocycles. The molecule has 0 fully saturated rings. The fourth-order valence-electron chi connectivity index (χ4n) is 3.99. The van der Waals surface area contributed by atoms with Crippen molar-refractivity contribution in [2.24, 2.45) is 0 Å². The van der Waals surface area contributed by atoms with E-state index in [0.29, 0.717) is 39.6 Å². The van der Waals surface area contributed by atoms with Crippen molar-refractivity contribution in [3.8, 4) is 5.75 Å². The van der Waals surface area contributed by atoms with Gasteiger partial charge in [-0.1, -0.05) is 55.2 Å². The molecule has 0 radical (unpaired) electrons. The number of hydrogen-bond acceptors (Lipinski definition) is 4. The molecule has 0 saturated carbocycles. The van der Waals surface area contributed by atoms with Crippen LogP contribution in [0.3, 0.4) is 0 Å². The zero-order chi connectivity index (χ0) is 26.0. The van der Waals surface area contributed by atoms with Crippen LogP contribution in [0.4, 0.5) is 5.69 Å². The third kappa shape index (κ3) is 5.77. The number of benzene rings is 2. The first-order valence-corrected chi connectivity index (χ1v) is 12.5. The molecule has 0 spiro atoms. The number of aryl methyl sites for hydroxylation is 2. The summed E-state index contributed by atoms with van der Waals surface area (Å²) in [6.45, 7) is 10.8. The number of amides is 1. The van der Waals surface area contributed by atoms with Crippen LogP contribution in [0, 0.1) is 20.8 Å². The summed E-state index contributed by atoms with van der Waals surface area (Å²) < 4.78 is 13.6. The van der Waals surface area contributed by atoms with E-state index in [4.69, 9.17) is 32.4 Å². The van der Waals surface area contributed by atoms with Gasteiger partial charge in [0.25, 0.3) is 5.91 Å². The van der Waals surface area contributed by atoms with Gasteiger partial charge in [-0.3, -0.25) is 9.48 Å². The van der Waals surface area contributed by atoms with Crippen LogP contribution in [-0.2, 0) is 13.2 Å². The molecule has 0 unspecified atom stereocenters. The van der Waals surface area contributed by atoms with E-state index < -0.39 is 0 Å². The number of furan rings is 1. The van der Waals surface area contributed by atoms with E-state index in [9.17, 15) is 4.79 Å². The first-order valence-electron chi connectivity index (χ1n) is 11.7. The van der Waals surface area contributed by atoms with Gasteiger partial charge in [0.05, 0.1) is 33.7 Å². The number of halogens is 2. The number of aromatic nitrogens is 2. The van der Waals surface area contributed by atoms with Crippen LogP contribution in [0.25, 0.3) is 0 Å². The molecule has 2 aromatic heterocycles. The number of nitrogens with zero attached hydrogens (tertiary/aromatic N) is 2. The fraction of sp³-hybridized carbons (Fsp3) is 0.286. The predicted molar refractivity (Wildman–Crippen MR) is 144 cm³/mol. The molecule has 0 atom stereocenters. The van der Waals surface area contributed by atoms with Crippen LogP contribution in [0.5, 0.6) is 5.75 Å². The molecule has 8 heteroatoms. The Bertz CT molecular complexity index is 1410. The maximum atomic E-state index is 12.9. The lowest BCUT2D eigenvalue weighted by Gasteiger charge is -2.14. The molecule has 4 rings (SSSR count). The highest BCUT2D eigenvalue weighted by molar-refractivity contribution is 6.42. The average Bonchev–Trinajstić information content (AvgIpc) is 3.40. The van der Waals surface area contributed by atoms with Gasteiger partial charge in [-0.05, 0) is 73.7 Å². The van der Waals surface area contributed by atoms with Crippen LogP contribution in [0.15, 0.2) is 52.9 Å². The molecule has 0 bridgehead atoms. The molecule has 0 aliphatic heterocycles. The second-order valence-corrected chi connectivity index (χ2v) is 9.97. The topological polar surface area (TPSA) is 69.3 Å². The summed E-state index contributed by atoms with van der Waals surface area (Å²) in [4.78, 5) is 12.9. The van der Waals surface area contributed by atoms with Crippen molar-refractivity contribution in [3.05, 3.63) is 98.2 Å². The molecule has 2 aromatic carbocycles. The van der Waals surface area contributed by atoms with E-state index in [1.54, 1.807) is 18.2 Å². The summed E-state index contributed by atoms with van der Waals surface area (Å²) in [5, 5.41) is 8.51. The normalized spacial score (nSPS) is 11.2. The lowest BCUT2D eigenvalue weighted by molar-refractivity contribution is 0.0992. The van der Waals surface area contributed by atoms with Crippen LogP contribution >= 0.6 is 23.2 Å².